The van der Waals surface area contributed by atoms with E-state index in [0.29, 0.717) is 0 Å². The maximum Gasteiger partial charge on any atom is 0.0562 e. The molecule has 0 bridgehead atoms. The van der Waals surface area contributed by atoms with Gasteiger partial charge < -0.3 is 9.13 Å². The third-order valence-electron chi connectivity index (χ3n) is 10.9. The lowest BCUT2D eigenvalue weighted by Gasteiger charge is -2.15. The molecule has 0 aliphatic carbocycles. The van der Waals surface area contributed by atoms with Crippen LogP contribution in [0.25, 0.3) is 98.8 Å². The zero-order valence-corrected chi connectivity index (χ0v) is 28.4. The molecule has 0 spiro atoms. The van der Waals surface area contributed by atoms with Gasteiger partial charge in [-0.05, 0) is 80.7 Å². The molecule has 11 rings (SSSR count). The van der Waals surface area contributed by atoms with E-state index in [2.05, 4.69) is 203 Å². The first-order valence-electron chi connectivity index (χ1n) is 17.9. The molecule has 0 radical (unpaired) electrons. The van der Waals surface area contributed by atoms with E-state index in [-0.39, 0.29) is 0 Å². The standard InChI is InChI=1S/C50H32N2/c1-2-13-34(14-3-1)40-19-8-10-23-45(40)52-47-30-27-35-16-5-7-20-41(35)50(47)44-31-43-42-21-9-11-24-46(42)51(48(43)32-49(44)52)37-28-25-36(26-29-37)39-22-12-17-33-15-4-6-18-38(33)39/h1-32H. The first-order chi connectivity index (χ1) is 25.8. The van der Waals surface area contributed by atoms with Crippen LogP contribution in [0.15, 0.2) is 194 Å². The number of aromatic nitrogens is 2. The first kappa shape index (κ1) is 28.9. The van der Waals surface area contributed by atoms with Crippen LogP contribution in [0.1, 0.15) is 0 Å². The highest BCUT2D eigenvalue weighted by Crippen LogP contribution is 2.43. The summed E-state index contributed by atoms with van der Waals surface area (Å²) >= 11 is 0. The Labute approximate surface area is 301 Å². The predicted molar refractivity (Wildman–Crippen MR) is 221 cm³/mol. The van der Waals surface area contributed by atoms with Gasteiger partial charge in [0.15, 0.2) is 0 Å². The SMILES string of the molecule is c1ccc(-c2ccccc2-n2c3cc4c(cc3c3c5ccccc5ccc32)c2ccccc2n4-c2ccc(-c3cccc4ccccc34)cc2)cc1. The van der Waals surface area contributed by atoms with Crippen molar-refractivity contribution in [3.05, 3.63) is 194 Å². The molecular weight excluding hydrogens is 629 g/mol. The van der Waals surface area contributed by atoms with Crippen LogP contribution < -0.4 is 0 Å². The molecule has 0 aliphatic rings. The fourth-order valence-electron chi connectivity index (χ4n) is 8.58. The monoisotopic (exact) mass is 660 g/mol. The summed E-state index contributed by atoms with van der Waals surface area (Å²) in [6.45, 7) is 0. The van der Waals surface area contributed by atoms with Gasteiger partial charge in [-0.2, -0.15) is 0 Å². The van der Waals surface area contributed by atoms with E-state index in [1.165, 1.54) is 93.1 Å². The average molecular weight is 661 g/mol. The van der Waals surface area contributed by atoms with Crippen molar-refractivity contribution >= 4 is 65.2 Å². The number of benzene rings is 9. The maximum atomic E-state index is 2.49. The van der Waals surface area contributed by atoms with Crippen LogP contribution in [-0.2, 0) is 0 Å². The van der Waals surface area contributed by atoms with Crippen LogP contribution >= 0.6 is 0 Å². The van der Waals surface area contributed by atoms with Crippen molar-refractivity contribution in [3.63, 3.8) is 0 Å². The second-order valence-electron chi connectivity index (χ2n) is 13.7. The molecular formula is C50H32N2. The van der Waals surface area contributed by atoms with Gasteiger partial charge in [0.1, 0.15) is 0 Å². The Bertz CT molecular complexity index is 3160. The lowest BCUT2D eigenvalue weighted by molar-refractivity contribution is 1.17. The molecule has 9 aromatic carbocycles. The number of para-hydroxylation sites is 2. The molecule has 0 fully saturated rings. The fraction of sp³-hybridized carbons (Fsp3) is 0. The average Bonchev–Trinajstić information content (AvgIpc) is 3.72. The number of rotatable bonds is 4. The van der Waals surface area contributed by atoms with Gasteiger partial charge in [-0.25, -0.2) is 0 Å². The molecule has 11 aromatic rings. The number of hydrogen-bond donors (Lipinski definition) is 0. The van der Waals surface area contributed by atoms with E-state index in [4.69, 9.17) is 0 Å². The molecule has 52 heavy (non-hydrogen) atoms. The minimum Gasteiger partial charge on any atom is -0.309 e. The molecule has 0 saturated heterocycles. The second kappa shape index (κ2) is 11.3. The Morgan fingerprint density at radius 3 is 1.75 bits per heavy atom. The summed E-state index contributed by atoms with van der Waals surface area (Å²) in [5, 5.41) is 10.1. The van der Waals surface area contributed by atoms with Gasteiger partial charge in [-0.3, -0.25) is 0 Å². The van der Waals surface area contributed by atoms with Gasteiger partial charge in [-0.1, -0.05) is 152 Å². The molecule has 2 aromatic heterocycles. The molecule has 2 heterocycles. The minimum atomic E-state index is 1.15. The maximum absolute atomic E-state index is 2.49. The van der Waals surface area contributed by atoms with E-state index in [9.17, 15) is 0 Å². The van der Waals surface area contributed by atoms with Crippen molar-refractivity contribution < 1.29 is 0 Å². The Morgan fingerprint density at radius 2 is 0.904 bits per heavy atom. The largest absolute Gasteiger partial charge is 0.309 e. The smallest absolute Gasteiger partial charge is 0.0562 e. The van der Waals surface area contributed by atoms with Gasteiger partial charge >= 0.3 is 0 Å². The number of hydrogen-bond acceptors (Lipinski definition) is 0. The third kappa shape index (κ3) is 4.25. The van der Waals surface area contributed by atoms with E-state index in [1.807, 2.05) is 0 Å². The van der Waals surface area contributed by atoms with Gasteiger partial charge in [-0.15, -0.1) is 0 Å². The van der Waals surface area contributed by atoms with Crippen LogP contribution in [0.5, 0.6) is 0 Å². The molecule has 242 valence electrons. The van der Waals surface area contributed by atoms with E-state index in [1.54, 1.807) is 0 Å². The normalized spacial score (nSPS) is 11.8. The minimum absolute atomic E-state index is 1.15. The molecule has 0 aliphatic heterocycles. The summed E-state index contributed by atoms with van der Waals surface area (Å²) in [4.78, 5) is 0. The fourth-order valence-corrected chi connectivity index (χ4v) is 8.58. The molecule has 0 amide bonds. The van der Waals surface area contributed by atoms with Gasteiger partial charge in [0, 0.05) is 32.8 Å². The van der Waals surface area contributed by atoms with Crippen LogP contribution in [0.4, 0.5) is 0 Å². The molecule has 2 nitrogen and oxygen atoms in total. The Morgan fingerprint density at radius 1 is 0.288 bits per heavy atom. The van der Waals surface area contributed by atoms with E-state index < -0.39 is 0 Å². The number of nitrogens with zero attached hydrogens (tertiary/aromatic N) is 2. The summed E-state index contributed by atoms with van der Waals surface area (Å²) < 4.78 is 4.94. The number of fused-ring (bicyclic) bond motifs is 9. The molecule has 0 atom stereocenters. The van der Waals surface area contributed by atoms with E-state index >= 15 is 0 Å². The first-order valence-corrected chi connectivity index (χ1v) is 17.9. The van der Waals surface area contributed by atoms with E-state index in [0.717, 1.165) is 5.69 Å². The van der Waals surface area contributed by atoms with Gasteiger partial charge in [0.05, 0.1) is 27.8 Å². The summed E-state index contributed by atoms with van der Waals surface area (Å²) in [5.74, 6) is 0. The van der Waals surface area contributed by atoms with Crippen molar-refractivity contribution in [1.29, 1.82) is 0 Å². The Kier molecular flexibility index (Phi) is 6.28. The molecule has 2 heteroatoms. The van der Waals surface area contributed by atoms with Crippen molar-refractivity contribution in [2.24, 2.45) is 0 Å². The van der Waals surface area contributed by atoms with Crippen LogP contribution in [0.2, 0.25) is 0 Å². The quantitative estimate of drug-likeness (QED) is 0.178. The van der Waals surface area contributed by atoms with Crippen molar-refractivity contribution in [1.82, 2.24) is 9.13 Å². The summed E-state index contributed by atoms with van der Waals surface area (Å²) in [7, 11) is 0. The highest BCUT2D eigenvalue weighted by molar-refractivity contribution is 6.25. The summed E-state index contributed by atoms with van der Waals surface area (Å²) in [6.07, 6.45) is 0. The highest BCUT2D eigenvalue weighted by atomic mass is 15.0. The lowest BCUT2D eigenvalue weighted by atomic mass is 9.98. The van der Waals surface area contributed by atoms with Crippen LogP contribution in [0, 0.1) is 0 Å². The predicted octanol–water partition coefficient (Wildman–Crippen LogP) is 13.5. The second-order valence-corrected chi connectivity index (χ2v) is 13.7. The Hall–Kier alpha value is -6.90. The van der Waals surface area contributed by atoms with Crippen molar-refractivity contribution in [3.8, 4) is 33.6 Å². The zero-order chi connectivity index (χ0) is 34.2. The Balaban J connectivity index is 1.22. The highest BCUT2D eigenvalue weighted by Gasteiger charge is 2.21. The van der Waals surface area contributed by atoms with Crippen molar-refractivity contribution in [2.75, 3.05) is 0 Å². The zero-order valence-electron chi connectivity index (χ0n) is 28.4. The third-order valence-corrected chi connectivity index (χ3v) is 10.9. The van der Waals surface area contributed by atoms with Crippen molar-refractivity contribution in [2.45, 2.75) is 0 Å². The summed E-state index contributed by atoms with van der Waals surface area (Å²) in [6, 6.07) is 71.0. The molecule has 0 N–H and O–H groups in total. The topological polar surface area (TPSA) is 9.86 Å². The molecule has 0 unspecified atom stereocenters. The van der Waals surface area contributed by atoms with Crippen LogP contribution in [-0.4, -0.2) is 9.13 Å². The van der Waals surface area contributed by atoms with Crippen LogP contribution in [0.3, 0.4) is 0 Å². The van der Waals surface area contributed by atoms with Gasteiger partial charge in [0.2, 0.25) is 0 Å². The lowest BCUT2D eigenvalue weighted by Crippen LogP contribution is -1.98. The summed E-state index contributed by atoms with van der Waals surface area (Å²) in [5.41, 5.74) is 12.0. The molecule has 0 saturated carbocycles. The van der Waals surface area contributed by atoms with Gasteiger partial charge in [0.25, 0.3) is 0 Å².